The first-order chi connectivity index (χ1) is 9.94. The first-order valence-corrected chi connectivity index (χ1v) is 8.49. The van der Waals surface area contributed by atoms with Crippen molar-refractivity contribution in [3.05, 3.63) is 17.3 Å². The monoisotopic (exact) mass is 332 g/mol. The van der Waals surface area contributed by atoms with Crippen molar-refractivity contribution >= 4 is 33.3 Å². The van der Waals surface area contributed by atoms with Crippen LogP contribution >= 0.6 is 11.6 Å². The zero-order valence-corrected chi connectivity index (χ0v) is 13.1. The van der Waals surface area contributed by atoms with Crippen LogP contribution in [0.5, 0.6) is 0 Å². The third kappa shape index (κ3) is 3.84. The Labute approximate surface area is 128 Å². The van der Waals surface area contributed by atoms with Crippen molar-refractivity contribution in [2.45, 2.75) is 30.7 Å². The summed E-state index contributed by atoms with van der Waals surface area (Å²) in [5.74, 6) is 0.113. The summed E-state index contributed by atoms with van der Waals surface area (Å²) in [4.78, 5) is 15.5. The number of piperidine rings is 1. The molecule has 1 aromatic rings. The van der Waals surface area contributed by atoms with E-state index in [1.807, 2.05) is 6.92 Å². The number of pyridine rings is 1. The fraction of sp³-hybridized carbons (Fsp3) is 0.500. The van der Waals surface area contributed by atoms with Gasteiger partial charge in [-0.2, -0.15) is 4.72 Å². The fourth-order valence-corrected chi connectivity index (χ4v) is 3.50. The zero-order chi connectivity index (χ0) is 15.5. The van der Waals surface area contributed by atoms with Gasteiger partial charge in [0, 0.05) is 19.3 Å². The second-order valence-corrected chi connectivity index (χ2v) is 6.76. The van der Waals surface area contributed by atoms with Gasteiger partial charge in [-0.15, -0.1) is 0 Å². The molecule has 1 saturated heterocycles. The van der Waals surface area contributed by atoms with Crippen molar-refractivity contribution in [3.8, 4) is 0 Å². The quantitative estimate of drug-likeness (QED) is 0.738. The Morgan fingerprint density at radius 2 is 2.29 bits per heavy atom. The lowest BCUT2D eigenvalue weighted by molar-refractivity contribution is -0.124. The average Bonchev–Trinajstić information content (AvgIpc) is 2.43. The van der Waals surface area contributed by atoms with Crippen LogP contribution in [0.2, 0.25) is 5.02 Å². The topological polar surface area (TPSA) is 100 Å². The lowest BCUT2D eigenvalue weighted by Crippen LogP contribution is -2.50. The second kappa shape index (κ2) is 6.59. The number of nitrogens with one attached hydrogen (secondary N) is 3. The van der Waals surface area contributed by atoms with E-state index < -0.39 is 16.1 Å². The number of carbonyl (C=O) groups excluding carboxylic acids is 1. The Morgan fingerprint density at radius 1 is 1.52 bits per heavy atom. The lowest BCUT2D eigenvalue weighted by Gasteiger charge is -2.22. The van der Waals surface area contributed by atoms with Gasteiger partial charge in [-0.3, -0.25) is 4.79 Å². The number of rotatable bonds is 5. The highest BCUT2D eigenvalue weighted by Crippen LogP contribution is 2.22. The predicted octanol–water partition coefficient (Wildman–Crippen LogP) is 0.724. The molecular weight excluding hydrogens is 316 g/mol. The van der Waals surface area contributed by atoms with Crippen molar-refractivity contribution < 1.29 is 13.2 Å². The van der Waals surface area contributed by atoms with Crippen LogP contribution in [0.25, 0.3) is 0 Å². The van der Waals surface area contributed by atoms with E-state index in [2.05, 4.69) is 20.3 Å². The van der Waals surface area contributed by atoms with Crippen LogP contribution in [0.15, 0.2) is 17.2 Å². The molecule has 21 heavy (non-hydrogen) atoms. The summed E-state index contributed by atoms with van der Waals surface area (Å²) in [6, 6.07) is 0.561. The highest BCUT2D eigenvalue weighted by molar-refractivity contribution is 7.89. The van der Waals surface area contributed by atoms with Crippen molar-refractivity contribution in [1.29, 1.82) is 0 Å². The van der Waals surface area contributed by atoms with Crippen LogP contribution in [-0.2, 0) is 14.8 Å². The Morgan fingerprint density at radius 3 is 2.90 bits per heavy atom. The molecule has 1 unspecified atom stereocenters. The van der Waals surface area contributed by atoms with Crippen LogP contribution in [0.4, 0.5) is 5.82 Å². The van der Waals surface area contributed by atoms with Gasteiger partial charge >= 0.3 is 0 Å². The third-order valence-corrected chi connectivity index (χ3v) is 4.78. The summed E-state index contributed by atoms with van der Waals surface area (Å²) in [7, 11) is -3.83. The molecule has 9 heteroatoms. The van der Waals surface area contributed by atoms with Gasteiger partial charge < -0.3 is 10.6 Å². The molecule has 116 valence electrons. The number of halogens is 1. The molecule has 3 N–H and O–H groups in total. The van der Waals surface area contributed by atoms with E-state index in [4.69, 9.17) is 11.6 Å². The maximum absolute atomic E-state index is 12.3. The third-order valence-electron chi connectivity index (χ3n) is 3.05. The average molecular weight is 333 g/mol. The number of carbonyl (C=O) groups is 1. The predicted molar refractivity (Wildman–Crippen MR) is 79.8 cm³/mol. The standard InChI is InChI=1S/C12H17ClN4O3S/c1-2-14-11-9(13)6-8(7-16-11)21(19,20)17-10-4-3-5-15-12(10)18/h6-7,10,17H,2-5H2,1H3,(H,14,16)(H,15,18). The first kappa shape index (κ1) is 16.0. The van der Waals surface area contributed by atoms with Crippen LogP contribution in [0.3, 0.4) is 0 Å². The van der Waals surface area contributed by atoms with Gasteiger partial charge in [0.1, 0.15) is 16.8 Å². The van der Waals surface area contributed by atoms with Gasteiger partial charge in [0.2, 0.25) is 15.9 Å². The van der Waals surface area contributed by atoms with Gasteiger partial charge in [-0.25, -0.2) is 13.4 Å². The molecule has 1 aliphatic heterocycles. The van der Waals surface area contributed by atoms with Crippen molar-refractivity contribution in [3.63, 3.8) is 0 Å². The van der Waals surface area contributed by atoms with E-state index in [1.54, 1.807) is 0 Å². The molecule has 1 aromatic heterocycles. The lowest BCUT2D eigenvalue weighted by atomic mass is 10.1. The fourth-order valence-electron chi connectivity index (χ4n) is 2.00. The highest BCUT2D eigenvalue weighted by Gasteiger charge is 2.28. The molecule has 7 nitrogen and oxygen atoms in total. The number of nitrogens with zero attached hydrogens (tertiary/aromatic N) is 1. The van der Waals surface area contributed by atoms with Gasteiger partial charge in [-0.1, -0.05) is 11.6 Å². The zero-order valence-electron chi connectivity index (χ0n) is 11.5. The van der Waals surface area contributed by atoms with E-state index in [0.717, 1.165) is 6.42 Å². The summed E-state index contributed by atoms with van der Waals surface area (Å²) in [5.41, 5.74) is 0. The minimum Gasteiger partial charge on any atom is -0.369 e. The number of amides is 1. The number of sulfonamides is 1. The Hall–Kier alpha value is -1.38. The van der Waals surface area contributed by atoms with Gasteiger partial charge in [0.25, 0.3) is 0 Å². The van der Waals surface area contributed by atoms with Crippen LogP contribution in [0, 0.1) is 0 Å². The Bertz CT molecular complexity index is 635. The minimum absolute atomic E-state index is 0.0625. The normalized spacial score (nSPS) is 19.1. The molecular formula is C12H17ClN4O3S. The smallest absolute Gasteiger partial charge is 0.242 e. The summed E-state index contributed by atoms with van der Waals surface area (Å²) >= 11 is 5.99. The molecule has 2 rings (SSSR count). The molecule has 0 radical (unpaired) electrons. The largest absolute Gasteiger partial charge is 0.369 e. The molecule has 0 aromatic carbocycles. The summed E-state index contributed by atoms with van der Waals surface area (Å²) in [6.07, 6.45) is 2.42. The molecule has 0 spiro atoms. The molecule has 1 fully saturated rings. The molecule has 0 bridgehead atoms. The molecule has 1 aliphatic rings. The number of hydrogen-bond acceptors (Lipinski definition) is 5. The first-order valence-electron chi connectivity index (χ1n) is 6.63. The number of hydrogen-bond donors (Lipinski definition) is 3. The van der Waals surface area contributed by atoms with Crippen LogP contribution in [0.1, 0.15) is 19.8 Å². The molecule has 1 amide bonds. The highest BCUT2D eigenvalue weighted by atomic mass is 35.5. The van der Waals surface area contributed by atoms with E-state index in [1.165, 1.54) is 12.3 Å². The number of anilines is 1. The van der Waals surface area contributed by atoms with Crippen molar-refractivity contribution in [1.82, 2.24) is 15.0 Å². The second-order valence-electron chi connectivity index (χ2n) is 4.64. The maximum atomic E-state index is 12.3. The van der Waals surface area contributed by atoms with Gasteiger partial charge in [0.15, 0.2) is 0 Å². The molecule has 2 heterocycles. The van der Waals surface area contributed by atoms with Crippen molar-refractivity contribution in [2.24, 2.45) is 0 Å². The SMILES string of the molecule is CCNc1ncc(S(=O)(=O)NC2CCCNC2=O)cc1Cl. The summed E-state index contributed by atoms with van der Waals surface area (Å²) in [5, 5.41) is 5.76. The van der Waals surface area contributed by atoms with E-state index in [0.29, 0.717) is 25.3 Å². The Kier molecular flexibility index (Phi) is 5.02. The van der Waals surface area contributed by atoms with Crippen LogP contribution in [-0.4, -0.2) is 38.4 Å². The molecule has 0 saturated carbocycles. The minimum atomic E-state index is -3.83. The van der Waals surface area contributed by atoms with Gasteiger partial charge in [-0.05, 0) is 25.8 Å². The van der Waals surface area contributed by atoms with E-state index in [-0.39, 0.29) is 15.8 Å². The Balaban J connectivity index is 2.19. The summed E-state index contributed by atoms with van der Waals surface area (Å²) < 4.78 is 26.9. The van der Waals surface area contributed by atoms with Crippen molar-refractivity contribution in [2.75, 3.05) is 18.4 Å². The summed E-state index contributed by atoms with van der Waals surface area (Å²) in [6.45, 7) is 3.08. The maximum Gasteiger partial charge on any atom is 0.242 e. The molecule has 0 aliphatic carbocycles. The van der Waals surface area contributed by atoms with Crippen LogP contribution < -0.4 is 15.4 Å². The number of aromatic nitrogens is 1. The van der Waals surface area contributed by atoms with Gasteiger partial charge in [0.05, 0.1) is 5.02 Å². The molecule has 1 atom stereocenters. The van der Waals surface area contributed by atoms with E-state index in [9.17, 15) is 13.2 Å². The van der Waals surface area contributed by atoms with E-state index >= 15 is 0 Å².